The molecule has 0 fully saturated rings. The Balaban J connectivity index is 1.95. The fourth-order valence-electron chi connectivity index (χ4n) is 1.61. The standard InChI is InChI=1S/C16H16N2O2/c1-19-15-7-3-13(4-8-15)11-17-12-18-14-5-9-16(20-2)10-6-14/h3-10H,11H2,1-2H3. The van der Waals surface area contributed by atoms with E-state index in [2.05, 4.69) is 16.0 Å². The van der Waals surface area contributed by atoms with Crippen molar-refractivity contribution in [3.63, 3.8) is 0 Å². The zero-order chi connectivity index (χ0) is 14.2. The van der Waals surface area contributed by atoms with Gasteiger partial charge < -0.3 is 9.47 Å². The van der Waals surface area contributed by atoms with Gasteiger partial charge in [0.2, 0.25) is 0 Å². The van der Waals surface area contributed by atoms with Crippen LogP contribution in [-0.4, -0.2) is 20.2 Å². The van der Waals surface area contributed by atoms with Crippen LogP contribution in [0.4, 0.5) is 5.69 Å². The van der Waals surface area contributed by atoms with Crippen LogP contribution in [0, 0.1) is 0 Å². The third-order valence-corrected chi connectivity index (χ3v) is 2.74. The summed E-state index contributed by atoms with van der Waals surface area (Å²) < 4.78 is 10.2. The molecule has 0 saturated heterocycles. The first-order chi connectivity index (χ1) is 9.81. The maximum atomic E-state index is 5.10. The van der Waals surface area contributed by atoms with E-state index >= 15 is 0 Å². The van der Waals surface area contributed by atoms with Gasteiger partial charge in [-0.15, -0.1) is 0 Å². The van der Waals surface area contributed by atoms with Gasteiger partial charge in [-0.25, -0.2) is 4.99 Å². The van der Waals surface area contributed by atoms with Gasteiger partial charge in [-0.3, -0.25) is 0 Å². The molecule has 0 radical (unpaired) electrons. The van der Waals surface area contributed by atoms with E-state index in [1.54, 1.807) is 14.2 Å². The van der Waals surface area contributed by atoms with E-state index in [-0.39, 0.29) is 0 Å². The first-order valence-electron chi connectivity index (χ1n) is 6.21. The average molecular weight is 268 g/mol. The summed E-state index contributed by atoms with van der Waals surface area (Å²) in [6.45, 7) is 0.545. The quantitative estimate of drug-likeness (QED) is 0.776. The minimum Gasteiger partial charge on any atom is -0.497 e. The van der Waals surface area contributed by atoms with Gasteiger partial charge in [-0.1, -0.05) is 12.1 Å². The molecule has 102 valence electrons. The first kappa shape index (κ1) is 13.8. The van der Waals surface area contributed by atoms with Crippen molar-refractivity contribution < 1.29 is 9.47 Å². The highest BCUT2D eigenvalue weighted by molar-refractivity contribution is 5.53. The molecule has 0 bridgehead atoms. The third-order valence-electron chi connectivity index (χ3n) is 2.74. The van der Waals surface area contributed by atoms with E-state index in [0.717, 1.165) is 22.7 Å². The second-order valence-corrected chi connectivity index (χ2v) is 4.07. The molecular formula is C16H16N2O2. The van der Waals surface area contributed by atoms with Gasteiger partial charge >= 0.3 is 0 Å². The van der Waals surface area contributed by atoms with Crippen LogP contribution in [0.2, 0.25) is 0 Å². The lowest BCUT2D eigenvalue weighted by Crippen LogP contribution is -1.84. The fourth-order valence-corrected chi connectivity index (χ4v) is 1.61. The molecule has 4 nitrogen and oxygen atoms in total. The number of hydrogen-bond donors (Lipinski definition) is 0. The van der Waals surface area contributed by atoms with E-state index in [1.807, 2.05) is 48.5 Å². The van der Waals surface area contributed by atoms with E-state index in [1.165, 1.54) is 0 Å². The SMILES string of the molecule is COc1ccc(CN=C=Nc2ccc(OC)cc2)cc1. The van der Waals surface area contributed by atoms with Crippen LogP contribution in [0.5, 0.6) is 11.5 Å². The molecule has 0 heterocycles. The molecule has 0 aromatic heterocycles. The van der Waals surface area contributed by atoms with Crippen molar-refractivity contribution in [1.82, 2.24) is 0 Å². The number of rotatable bonds is 5. The molecule has 0 aliphatic carbocycles. The summed E-state index contributed by atoms with van der Waals surface area (Å²) in [7, 11) is 3.28. The Kier molecular flexibility index (Phi) is 4.93. The zero-order valence-corrected chi connectivity index (χ0v) is 11.5. The minimum atomic E-state index is 0.545. The zero-order valence-electron chi connectivity index (χ0n) is 11.5. The molecule has 0 amide bonds. The first-order valence-corrected chi connectivity index (χ1v) is 6.21. The van der Waals surface area contributed by atoms with Crippen molar-refractivity contribution >= 4 is 11.7 Å². The Morgan fingerprint density at radius 3 is 1.95 bits per heavy atom. The van der Waals surface area contributed by atoms with Crippen molar-refractivity contribution in [3.8, 4) is 11.5 Å². The van der Waals surface area contributed by atoms with Crippen LogP contribution in [0.15, 0.2) is 58.5 Å². The van der Waals surface area contributed by atoms with Crippen LogP contribution in [0.25, 0.3) is 0 Å². The average Bonchev–Trinajstić information content (AvgIpc) is 2.53. The number of benzene rings is 2. The Morgan fingerprint density at radius 2 is 1.40 bits per heavy atom. The second kappa shape index (κ2) is 7.12. The number of hydrogen-bond acceptors (Lipinski definition) is 4. The molecule has 0 N–H and O–H groups in total. The van der Waals surface area contributed by atoms with Gasteiger partial charge in [0.05, 0.1) is 32.5 Å². The fraction of sp³-hybridized carbons (Fsp3) is 0.188. The summed E-state index contributed by atoms with van der Waals surface area (Å²) in [5.41, 5.74) is 1.88. The van der Waals surface area contributed by atoms with Gasteiger partial charge in [0.25, 0.3) is 0 Å². The molecule has 2 aromatic rings. The Labute approximate surface area is 118 Å². The Bertz CT molecular complexity index is 597. The molecule has 0 spiro atoms. The van der Waals surface area contributed by atoms with Gasteiger partial charge in [-0.05, 0) is 42.0 Å². The molecule has 0 saturated carbocycles. The van der Waals surface area contributed by atoms with Gasteiger partial charge in [0.1, 0.15) is 11.5 Å². The van der Waals surface area contributed by atoms with E-state index in [4.69, 9.17) is 9.47 Å². The maximum Gasteiger partial charge on any atom is 0.119 e. The van der Waals surface area contributed by atoms with Crippen LogP contribution in [0.1, 0.15) is 5.56 Å². The predicted octanol–water partition coefficient (Wildman–Crippen LogP) is 3.71. The summed E-state index contributed by atoms with van der Waals surface area (Å²) in [6, 6.07) is 17.9. The minimum absolute atomic E-state index is 0.545. The molecule has 4 heteroatoms. The molecule has 0 unspecified atom stereocenters. The molecule has 2 aromatic carbocycles. The van der Waals surface area contributed by atoms with Gasteiger partial charge in [0, 0.05) is 0 Å². The summed E-state index contributed by atoms with van der Waals surface area (Å²) in [5, 5.41) is 0. The highest BCUT2D eigenvalue weighted by atomic mass is 16.5. The number of ether oxygens (including phenoxy) is 2. The topological polar surface area (TPSA) is 43.2 Å². The number of methoxy groups -OCH3 is 2. The summed E-state index contributed by atoms with van der Waals surface area (Å²) in [4.78, 5) is 8.28. The van der Waals surface area contributed by atoms with Crippen LogP contribution in [0.3, 0.4) is 0 Å². The summed E-state index contributed by atoms with van der Waals surface area (Å²) >= 11 is 0. The predicted molar refractivity (Wildman–Crippen MR) is 79.2 cm³/mol. The van der Waals surface area contributed by atoms with Crippen molar-refractivity contribution in [2.45, 2.75) is 6.54 Å². The second-order valence-electron chi connectivity index (χ2n) is 4.07. The lowest BCUT2D eigenvalue weighted by molar-refractivity contribution is 0.414. The lowest BCUT2D eigenvalue weighted by Gasteiger charge is -1.99. The Hall–Kier alpha value is -2.58. The molecule has 2 rings (SSSR count). The lowest BCUT2D eigenvalue weighted by atomic mass is 10.2. The highest BCUT2D eigenvalue weighted by Crippen LogP contribution is 2.16. The van der Waals surface area contributed by atoms with E-state index in [0.29, 0.717) is 6.54 Å². The molecule has 0 atom stereocenters. The largest absolute Gasteiger partial charge is 0.497 e. The molecule has 20 heavy (non-hydrogen) atoms. The van der Waals surface area contributed by atoms with Crippen molar-refractivity contribution in [2.24, 2.45) is 9.98 Å². The summed E-state index contributed by atoms with van der Waals surface area (Å²) in [6.07, 6.45) is 0. The number of nitrogens with zero attached hydrogens (tertiary/aromatic N) is 2. The summed E-state index contributed by atoms with van der Waals surface area (Å²) in [5.74, 6) is 1.64. The van der Waals surface area contributed by atoms with Crippen molar-refractivity contribution in [2.75, 3.05) is 14.2 Å². The third kappa shape index (κ3) is 3.97. The van der Waals surface area contributed by atoms with Gasteiger partial charge in [0.15, 0.2) is 0 Å². The van der Waals surface area contributed by atoms with Crippen LogP contribution >= 0.6 is 0 Å². The van der Waals surface area contributed by atoms with Crippen LogP contribution in [-0.2, 0) is 6.54 Å². The smallest absolute Gasteiger partial charge is 0.119 e. The van der Waals surface area contributed by atoms with E-state index < -0.39 is 0 Å². The normalized spacial score (nSPS) is 9.50. The maximum absolute atomic E-state index is 5.10. The highest BCUT2D eigenvalue weighted by Gasteiger charge is 1.92. The van der Waals surface area contributed by atoms with E-state index in [9.17, 15) is 0 Å². The van der Waals surface area contributed by atoms with Crippen molar-refractivity contribution in [1.29, 1.82) is 0 Å². The monoisotopic (exact) mass is 268 g/mol. The molecule has 0 aliphatic rings. The van der Waals surface area contributed by atoms with Crippen molar-refractivity contribution in [3.05, 3.63) is 54.1 Å². The number of aliphatic imine (C=N–C) groups is 2. The van der Waals surface area contributed by atoms with Gasteiger partial charge in [-0.2, -0.15) is 4.99 Å². The van der Waals surface area contributed by atoms with Crippen LogP contribution < -0.4 is 9.47 Å². The molecular weight excluding hydrogens is 252 g/mol. The molecule has 0 aliphatic heterocycles. The Morgan fingerprint density at radius 1 is 0.850 bits per heavy atom.